The molecule has 2 saturated carbocycles. The summed E-state index contributed by atoms with van der Waals surface area (Å²) in [4.78, 5) is 8.30. The fourth-order valence-corrected chi connectivity index (χ4v) is 12.6. The lowest BCUT2D eigenvalue weighted by molar-refractivity contribution is 0.195. The third-order valence-corrected chi connectivity index (χ3v) is 17.4. The predicted octanol–water partition coefficient (Wildman–Crippen LogP) is 17.0. The van der Waals surface area contributed by atoms with E-state index in [9.17, 15) is 4.39 Å². The fourth-order valence-electron chi connectivity index (χ4n) is 10.9. The van der Waals surface area contributed by atoms with Crippen molar-refractivity contribution in [3.63, 3.8) is 0 Å². The van der Waals surface area contributed by atoms with Gasteiger partial charge in [0.25, 0.3) is 0 Å². The van der Waals surface area contributed by atoms with E-state index in [4.69, 9.17) is 23.2 Å². The number of hydrogen-bond acceptors (Lipinski definition) is 4. The van der Waals surface area contributed by atoms with Crippen LogP contribution in [-0.2, 0) is 10.8 Å². The van der Waals surface area contributed by atoms with Crippen LogP contribution in [0.25, 0.3) is 0 Å². The number of hydrogen-bond donors (Lipinski definition) is 1. The quantitative estimate of drug-likeness (QED) is 0.176. The second-order valence-corrected chi connectivity index (χ2v) is 20.5. The van der Waals surface area contributed by atoms with Gasteiger partial charge in [-0.15, -0.1) is 12.6 Å². The van der Waals surface area contributed by atoms with Crippen LogP contribution in [-0.4, -0.2) is 11.1 Å². The van der Waals surface area contributed by atoms with E-state index in [1.165, 1.54) is 83.1 Å². The molecule has 2 nitrogen and oxygen atoms in total. The molecule has 0 spiro atoms. The number of nitrogens with zero attached hydrogens (tertiary/aromatic N) is 2. The van der Waals surface area contributed by atoms with Crippen molar-refractivity contribution in [2.45, 2.75) is 130 Å². The maximum Gasteiger partial charge on any atom is 0.143 e. The first kappa shape index (κ1) is 43.8. The van der Waals surface area contributed by atoms with Crippen LogP contribution in [0.4, 0.5) is 27.1 Å². The first-order valence-electron chi connectivity index (χ1n) is 21.8. The first-order valence-corrected chi connectivity index (χ1v) is 23.8. The topological polar surface area (TPSA) is 6.48 Å². The fraction of sp³-hybridized carbons (Fsp3) is 0.333. The third kappa shape index (κ3) is 7.50. The summed E-state index contributed by atoms with van der Waals surface area (Å²) < 4.78 is 14.1. The Morgan fingerprint density at radius 2 is 0.918 bits per heavy atom. The molecule has 0 radical (unpaired) electrons. The van der Waals surface area contributed by atoms with Gasteiger partial charge < -0.3 is 9.80 Å². The van der Waals surface area contributed by atoms with Crippen LogP contribution >= 0.6 is 47.6 Å². The Bertz CT molecular complexity index is 2540. The summed E-state index contributed by atoms with van der Waals surface area (Å²) in [5, 5.41) is 1.08. The van der Waals surface area contributed by atoms with Gasteiger partial charge in [0.2, 0.25) is 0 Å². The highest BCUT2D eigenvalue weighted by atomic mass is 35.5. The molecule has 4 atom stereocenters. The summed E-state index contributed by atoms with van der Waals surface area (Å²) in [6.45, 7) is 13.8. The van der Waals surface area contributed by atoms with E-state index in [0.29, 0.717) is 0 Å². The summed E-state index contributed by atoms with van der Waals surface area (Å²) in [6.07, 6.45) is 9.66. The number of fused-ring (bicyclic) bond motifs is 6. The maximum atomic E-state index is 14.1. The monoisotopic (exact) mass is 886 g/mol. The highest BCUT2D eigenvalue weighted by Gasteiger charge is 2.59. The molecule has 2 aliphatic heterocycles. The van der Waals surface area contributed by atoms with Crippen LogP contribution in [0.3, 0.4) is 0 Å². The standard InChI is InChI=1S/C27H28ClNS.C20H21ClFN.C7H8S/c1-19-11-4-7-15-23(19)30-24-16-10-14-22(25(24)28)29-21-13-6-5-12-20(21)26(2)17-8-9-18-27(26,29)3;1-19-12-5-6-13-20(19,2)23(16-10-4-3-8-14(16)19)17-11-7-9-15(22)18(17)21;1-6-4-2-3-5-7(6)8/h4-7,10-16H,8-9,17-18H2,1-3H3;3-4,7-11H,5-6,12-13H2,1-2H3;2-5,8H,1H3. The van der Waals surface area contributed by atoms with Crippen molar-refractivity contribution in [1.82, 2.24) is 0 Å². The molecule has 6 aromatic carbocycles. The minimum absolute atomic E-state index is 0.0323. The Balaban J connectivity index is 0.000000146. The van der Waals surface area contributed by atoms with E-state index < -0.39 is 0 Å². The molecule has 4 unspecified atom stereocenters. The number of rotatable bonds is 4. The molecule has 0 bridgehead atoms. The average molecular weight is 888 g/mol. The highest BCUT2D eigenvalue weighted by molar-refractivity contribution is 7.99. The molecule has 0 N–H and O–H groups in total. The summed E-state index contributed by atoms with van der Waals surface area (Å²) >= 11 is 19.5. The Kier molecular flexibility index (Phi) is 12.5. The molecule has 2 heterocycles. The highest BCUT2D eigenvalue weighted by Crippen LogP contribution is 2.63. The Labute approximate surface area is 383 Å². The average Bonchev–Trinajstić information content (AvgIpc) is 3.60. The summed E-state index contributed by atoms with van der Waals surface area (Å²) in [6, 6.07) is 45.7. The molecule has 2 fully saturated rings. The van der Waals surface area contributed by atoms with Crippen molar-refractivity contribution < 1.29 is 4.39 Å². The Hall–Kier alpha value is -3.87. The van der Waals surface area contributed by atoms with Crippen LogP contribution in [0.2, 0.25) is 10.0 Å². The number of benzene rings is 6. The van der Waals surface area contributed by atoms with Crippen LogP contribution in [0.1, 0.15) is 101 Å². The van der Waals surface area contributed by atoms with Gasteiger partial charge in [-0.3, -0.25) is 0 Å². The van der Waals surface area contributed by atoms with E-state index in [1.54, 1.807) is 17.8 Å². The lowest BCUT2D eigenvalue weighted by Gasteiger charge is -2.50. The van der Waals surface area contributed by atoms with E-state index >= 15 is 0 Å². The normalized spacial score (nSPS) is 24.6. The number of para-hydroxylation sites is 2. The molecule has 61 heavy (non-hydrogen) atoms. The smallest absolute Gasteiger partial charge is 0.143 e. The summed E-state index contributed by atoms with van der Waals surface area (Å²) in [5.74, 6) is -0.352. The summed E-state index contributed by atoms with van der Waals surface area (Å²) in [7, 11) is 0. The molecule has 2 aliphatic carbocycles. The number of thiol groups is 1. The van der Waals surface area contributed by atoms with Crippen LogP contribution in [0.15, 0.2) is 148 Å². The lowest BCUT2D eigenvalue weighted by atomic mass is 9.61. The summed E-state index contributed by atoms with van der Waals surface area (Å²) in [5.41, 5.74) is 9.93. The molecule has 0 saturated heterocycles. The van der Waals surface area contributed by atoms with Gasteiger partial charge in [-0.25, -0.2) is 4.39 Å². The van der Waals surface area contributed by atoms with Gasteiger partial charge in [-0.1, -0.05) is 159 Å². The van der Waals surface area contributed by atoms with Crippen molar-refractivity contribution in [2.24, 2.45) is 0 Å². The minimum atomic E-state index is -0.352. The van der Waals surface area contributed by atoms with E-state index in [2.05, 4.69) is 148 Å². The maximum absolute atomic E-state index is 14.1. The zero-order valence-electron chi connectivity index (χ0n) is 36.2. The molecular formula is C54H57Cl2FN2S2. The third-order valence-electron chi connectivity index (χ3n) is 14.8. The Morgan fingerprint density at radius 3 is 1.44 bits per heavy atom. The van der Waals surface area contributed by atoms with E-state index in [0.717, 1.165) is 39.0 Å². The first-order chi connectivity index (χ1) is 29.2. The predicted molar refractivity (Wildman–Crippen MR) is 262 cm³/mol. The lowest BCUT2D eigenvalue weighted by Crippen LogP contribution is -2.54. The molecule has 6 aromatic rings. The molecular weight excluding hydrogens is 831 g/mol. The van der Waals surface area contributed by atoms with Gasteiger partial charge in [-0.2, -0.15) is 0 Å². The molecule has 10 rings (SSSR count). The molecule has 4 aliphatic rings. The number of halogens is 3. The van der Waals surface area contributed by atoms with Crippen molar-refractivity contribution >= 4 is 70.3 Å². The van der Waals surface area contributed by atoms with Gasteiger partial charge >= 0.3 is 0 Å². The number of anilines is 4. The largest absolute Gasteiger partial charge is 0.333 e. The van der Waals surface area contributed by atoms with E-state index in [1.807, 2.05) is 37.3 Å². The zero-order chi connectivity index (χ0) is 43.2. The van der Waals surface area contributed by atoms with Gasteiger partial charge in [0.1, 0.15) is 5.82 Å². The van der Waals surface area contributed by atoms with Crippen molar-refractivity contribution in [3.8, 4) is 0 Å². The second kappa shape index (κ2) is 17.4. The van der Waals surface area contributed by atoms with Crippen molar-refractivity contribution in [3.05, 3.63) is 172 Å². The van der Waals surface area contributed by atoms with Crippen LogP contribution in [0.5, 0.6) is 0 Å². The van der Waals surface area contributed by atoms with Crippen molar-refractivity contribution in [2.75, 3.05) is 9.80 Å². The molecule has 316 valence electrons. The second-order valence-electron chi connectivity index (χ2n) is 18.1. The minimum Gasteiger partial charge on any atom is -0.333 e. The molecule has 0 amide bonds. The van der Waals surface area contributed by atoms with Gasteiger partial charge in [0.15, 0.2) is 0 Å². The van der Waals surface area contributed by atoms with Crippen LogP contribution in [0, 0.1) is 19.7 Å². The van der Waals surface area contributed by atoms with Crippen molar-refractivity contribution in [1.29, 1.82) is 0 Å². The number of aryl methyl sites for hydroxylation is 2. The van der Waals surface area contributed by atoms with E-state index in [-0.39, 0.29) is 32.7 Å². The van der Waals surface area contributed by atoms with Gasteiger partial charge in [-0.05, 0) is 124 Å². The molecule has 7 heteroatoms. The van der Waals surface area contributed by atoms with Gasteiger partial charge in [0, 0.05) is 36.9 Å². The van der Waals surface area contributed by atoms with Crippen LogP contribution < -0.4 is 9.80 Å². The van der Waals surface area contributed by atoms with Gasteiger partial charge in [0.05, 0.1) is 32.5 Å². The Morgan fingerprint density at radius 1 is 0.492 bits per heavy atom. The SMILES string of the molecule is CC12CCCCC1(C)N(c1cccc(F)c1Cl)c1ccccc12.Cc1ccccc1S.Cc1ccccc1Sc1cccc(N2c3ccccc3C3(C)CCCCC23C)c1Cl. The molecule has 0 aromatic heterocycles. The zero-order valence-corrected chi connectivity index (χ0v) is 39.5.